The van der Waals surface area contributed by atoms with Gasteiger partial charge in [0.2, 0.25) is 0 Å². The fourth-order valence-electron chi connectivity index (χ4n) is 13.8. The summed E-state index contributed by atoms with van der Waals surface area (Å²) in [5.74, 6) is 8.85. The Morgan fingerprint density at radius 2 is 0.661 bits per heavy atom. The summed E-state index contributed by atoms with van der Waals surface area (Å²) in [7, 11) is 10.0. The Morgan fingerprint density at radius 3 is 0.950 bits per heavy atom. The number of aromatic nitrogens is 19. The van der Waals surface area contributed by atoms with E-state index in [2.05, 4.69) is 204 Å². The van der Waals surface area contributed by atoms with E-state index < -0.39 is 0 Å². The zero-order chi connectivity index (χ0) is 82.4. The van der Waals surface area contributed by atoms with E-state index in [0.717, 1.165) is 136 Å². The average molecular weight is 2130 g/mol. The quantitative estimate of drug-likeness (QED) is 0.157. The molecule has 3 aliphatic rings. The van der Waals surface area contributed by atoms with E-state index >= 15 is 0 Å². The number of pyridine rings is 1. The molecule has 1 N–H and O–H groups in total. The molecule has 3 aliphatic heterocycles. The molecule has 0 atom stereocenters. The molecule has 0 saturated carbocycles. The Bertz CT molecular complexity index is 5720. The molecular weight excluding hydrogens is 2030 g/mol. The van der Waals surface area contributed by atoms with Gasteiger partial charge in [0.05, 0.1) is 46.6 Å². The third-order valence-electron chi connectivity index (χ3n) is 20.2. The van der Waals surface area contributed by atoms with Gasteiger partial charge in [0, 0.05) is 192 Å². The summed E-state index contributed by atoms with van der Waals surface area (Å²) in [5, 5.41) is 0. The van der Waals surface area contributed by atoms with Gasteiger partial charge >= 0.3 is 40.2 Å². The van der Waals surface area contributed by atoms with Gasteiger partial charge in [0.1, 0.15) is 5.69 Å². The number of hydrogen-bond acceptors (Lipinski definition) is 10. The Hall–Kier alpha value is -12.3. The van der Waals surface area contributed by atoms with E-state index in [1.165, 1.54) is 66.8 Å². The standard InChI is InChI=1S/3C12H13N2.3C11H9N2.2C11H11N2.C8H7N3.3Ir/c3*1-9-4-5-11(10(2)8-9)12-13-6-7-14(12)3;3*1-2-4-10-9(3-1)5-7-13-8-6-12-11(10)13;2*1-9-8-12-11(13(9)2)10-6-4-3-5-7-10;1-2-4-9-7(3-1)8-10-5-6-11-8;;;/h3*4,6-8H,1-3H3;3*1-3,6,8H,5,7H2;2*3-6,8H,1-2H3;1-6H,(H,10,11);;;/q8*-1;;;2*+3. The molecule has 0 fully saturated rings. The molecule has 0 aliphatic carbocycles. The summed E-state index contributed by atoms with van der Waals surface area (Å²) in [4.78, 5) is 45.7. The Morgan fingerprint density at radius 1 is 0.314 bits per heavy atom. The normalized spacial score (nSPS) is 11.1. The molecule has 19 nitrogen and oxygen atoms in total. The van der Waals surface area contributed by atoms with Crippen LogP contribution < -0.4 is 0 Å². The van der Waals surface area contributed by atoms with Crippen LogP contribution in [0.25, 0.3) is 103 Å². The number of rotatable bonds is 6. The molecule has 10 aromatic heterocycles. The maximum atomic E-state index is 4.33. The van der Waals surface area contributed by atoms with Crippen LogP contribution >= 0.6 is 0 Å². The number of H-pyrrole nitrogens is 1. The minimum atomic E-state index is 0. The number of aryl methyl sites for hydroxylation is 17. The largest absolute Gasteiger partial charge is 3.00 e. The van der Waals surface area contributed by atoms with Crippen molar-refractivity contribution in [2.45, 2.75) is 94.3 Å². The number of imidazole rings is 9. The molecule has 0 unspecified atom stereocenters. The van der Waals surface area contributed by atoms with Crippen molar-refractivity contribution in [3.8, 4) is 103 Å². The molecule has 22 heteroatoms. The van der Waals surface area contributed by atoms with Gasteiger partial charge in [-0.2, -0.15) is 0 Å². The molecule has 18 aromatic rings. The number of hydrogen-bond donors (Lipinski definition) is 1. The second kappa shape index (κ2) is 44.2. The third kappa shape index (κ3) is 23.2. The van der Waals surface area contributed by atoms with Gasteiger partial charge in [0.25, 0.3) is 0 Å². The molecule has 0 saturated heterocycles. The van der Waals surface area contributed by atoms with Crippen molar-refractivity contribution in [2.75, 3.05) is 0 Å². The summed E-state index contributed by atoms with van der Waals surface area (Å²) in [6.45, 7) is 19.7. The van der Waals surface area contributed by atoms with E-state index in [0.29, 0.717) is 0 Å². The molecule has 1 radical (unpaired) electrons. The van der Waals surface area contributed by atoms with Crippen LogP contribution in [0.5, 0.6) is 0 Å². The first-order valence-electron chi connectivity index (χ1n) is 39.2. The van der Waals surface area contributed by atoms with Crippen molar-refractivity contribution in [3.63, 3.8) is 0 Å². The fraction of sp³-hybridized carbons (Fsp3) is 0.192. The van der Waals surface area contributed by atoms with Crippen molar-refractivity contribution in [1.29, 1.82) is 0 Å². The Balaban J connectivity index is 0.000000142. The van der Waals surface area contributed by atoms with Crippen molar-refractivity contribution < 1.29 is 60.3 Å². The van der Waals surface area contributed by atoms with Crippen LogP contribution in [0.4, 0.5) is 0 Å². The van der Waals surface area contributed by atoms with E-state index in [4.69, 9.17) is 0 Å². The third-order valence-corrected chi connectivity index (χ3v) is 20.2. The molecule has 21 rings (SSSR count). The Kier molecular flexibility index (Phi) is 33.2. The van der Waals surface area contributed by atoms with Gasteiger partial charge in [-0.25, -0.2) is 4.98 Å². The molecule has 8 aromatic carbocycles. The Labute approximate surface area is 751 Å². The van der Waals surface area contributed by atoms with E-state index in [1.807, 2.05) is 271 Å². The smallest absolute Gasteiger partial charge is 0.373 e. The molecule has 121 heavy (non-hydrogen) atoms. The number of nitrogens with zero attached hydrogens (tertiary/aromatic N) is 18. The van der Waals surface area contributed by atoms with Crippen LogP contribution in [0.1, 0.15) is 61.5 Å². The monoisotopic (exact) mass is 2130 g/mol. The maximum Gasteiger partial charge on any atom is 3.00 e. The predicted molar refractivity (Wildman–Crippen MR) is 468 cm³/mol. The van der Waals surface area contributed by atoms with Gasteiger partial charge in [-0.15, -0.1) is 283 Å². The average Bonchev–Trinajstić information content (AvgIpc) is 1.71. The molecule has 615 valence electrons. The second-order valence-corrected chi connectivity index (χ2v) is 28.9. The van der Waals surface area contributed by atoms with Gasteiger partial charge in [-0.3, -0.25) is 44.9 Å². The first kappa shape index (κ1) is 91.1. The number of benzene rings is 8. The SMILES string of the molecule is Cc1c[c-]c(-c2nccn2C)c(C)c1.Cc1c[c-]c(-c2nccn2C)c(C)c1.Cc1c[c-]c(-c2nccn2C)c(C)c1.Cc1cnc(-c2[c-]cccc2)n1C.Cc1cnc(-c2[c-]cccc2)n1C.[Ir+3].[Ir+3].[Ir].[c-]1cccc2c1-c1nccn1CC2.[c-]1cccc2c1-c1nccn1CC2.[c-]1cccc2c1-c1nccn1CC2.c1ccc(-c2ncc[nH]2)nc1. The number of aromatic amines is 1. The molecule has 0 bridgehead atoms. The van der Waals surface area contributed by atoms with Crippen LogP contribution in [0, 0.1) is 104 Å². The van der Waals surface area contributed by atoms with Crippen LogP contribution in [0.15, 0.2) is 263 Å². The zero-order valence-electron chi connectivity index (χ0n) is 70.1. The van der Waals surface area contributed by atoms with Gasteiger partial charge in [0.15, 0.2) is 5.82 Å². The van der Waals surface area contributed by atoms with Crippen LogP contribution in [-0.2, 0) is 134 Å². The first-order chi connectivity index (χ1) is 57.4. The van der Waals surface area contributed by atoms with Crippen molar-refractivity contribution in [3.05, 3.63) is 373 Å². The van der Waals surface area contributed by atoms with Crippen LogP contribution in [0.2, 0.25) is 0 Å². The molecule has 0 spiro atoms. The van der Waals surface area contributed by atoms with E-state index in [-0.39, 0.29) is 60.3 Å². The van der Waals surface area contributed by atoms with Gasteiger partial charge in [-0.1, -0.05) is 47.6 Å². The maximum absolute atomic E-state index is 4.33. The molecule has 13 heterocycles. The summed E-state index contributed by atoms with van der Waals surface area (Å²) >= 11 is 0. The van der Waals surface area contributed by atoms with Crippen molar-refractivity contribution in [1.82, 2.24) is 91.4 Å². The summed E-state index contributed by atoms with van der Waals surface area (Å²) in [6, 6.07) is 78.2. The molecular formula is C99H95Ir3N19-2. The first-order valence-corrected chi connectivity index (χ1v) is 39.2. The second-order valence-electron chi connectivity index (χ2n) is 28.9. The summed E-state index contributed by atoms with van der Waals surface area (Å²) < 4.78 is 16.7. The van der Waals surface area contributed by atoms with Crippen LogP contribution in [0.3, 0.4) is 0 Å². The molecule has 0 amide bonds. The van der Waals surface area contributed by atoms with E-state index in [9.17, 15) is 0 Å². The van der Waals surface area contributed by atoms with Crippen molar-refractivity contribution >= 4 is 0 Å². The summed E-state index contributed by atoms with van der Waals surface area (Å²) in [6.07, 6.45) is 35.2. The van der Waals surface area contributed by atoms with Gasteiger partial charge < -0.3 is 41.5 Å². The number of nitrogens with one attached hydrogen (secondary N) is 1. The van der Waals surface area contributed by atoms with E-state index in [1.54, 1.807) is 18.6 Å². The summed E-state index contributed by atoms with van der Waals surface area (Å²) in [5.41, 5.74) is 23.5. The number of fused-ring (bicyclic) bond motifs is 9. The topological polar surface area (TPSA) is 184 Å². The minimum absolute atomic E-state index is 0. The predicted octanol–water partition coefficient (Wildman–Crippen LogP) is 19.1. The minimum Gasteiger partial charge on any atom is -0.373 e. The van der Waals surface area contributed by atoms with Crippen molar-refractivity contribution in [2.24, 2.45) is 35.2 Å². The zero-order valence-corrected chi connectivity index (χ0v) is 77.3. The fourth-order valence-corrected chi connectivity index (χ4v) is 13.8. The van der Waals surface area contributed by atoms with Gasteiger partial charge in [-0.05, 0) is 45.2 Å². The van der Waals surface area contributed by atoms with Crippen LogP contribution in [-0.4, -0.2) is 91.4 Å².